The van der Waals surface area contributed by atoms with Crippen LogP contribution in [0.1, 0.15) is 38.5 Å². The monoisotopic (exact) mass is 193 g/mol. The van der Waals surface area contributed by atoms with Crippen molar-refractivity contribution in [3.05, 3.63) is 0 Å². The second-order valence-corrected chi connectivity index (χ2v) is 5.17. The molecule has 1 saturated heterocycles. The molecule has 2 aliphatic carbocycles. The summed E-state index contributed by atoms with van der Waals surface area (Å²) in [5.74, 6) is 2.55. The standard InChI is InChI=1S/C12H19NO/c14-12(13-7-2-1-3-8-13)11-9-5-4-6-10(9)11/h9-11H,1-8H2/t9-,10+,11?. The van der Waals surface area contributed by atoms with E-state index in [1.807, 2.05) is 0 Å². The predicted molar refractivity (Wildman–Crippen MR) is 54.8 cm³/mol. The highest BCUT2D eigenvalue weighted by molar-refractivity contribution is 5.82. The zero-order valence-corrected chi connectivity index (χ0v) is 8.74. The SMILES string of the molecule is O=C(C1[C@H]2CCC[C@@H]12)N1CCCCC1. The second kappa shape index (κ2) is 3.25. The Hall–Kier alpha value is -0.530. The number of carbonyl (C=O) groups excluding carboxylic acids is 1. The molecule has 0 bridgehead atoms. The summed E-state index contributed by atoms with van der Waals surface area (Å²) in [5, 5.41) is 0. The molecule has 3 atom stereocenters. The van der Waals surface area contributed by atoms with E-state index >= 15 is 0 Å². The van der Waals surface area contributed by atoms with E-state index in [1.165, 1.54) is 38.5 Å². The van der Waals surface area contributed by atoms with Gasteiger partial charge in [-0.2, -0.15) is 0 Å². The van der Waals surface area contributed by atoms with E-state index in [0.29, 0.717) is 11.8 Å². The van der Waals surface area contributed by atoms with Crippen molar-refractivity contribution in [2.75, 3.05) is 13.1 Å². The molecule has 14 heavy (non-hydrogen) atoms. The number of carbonyl (C=O) groups is 1. The first-order chi connectivity index (χ1) is 6.88. The molecule has 0 radical (unpaired) electrons. The first kappa shape index (κ1) is 8.75. The maximum absolute atomic E-state index is 12.1. The van der Waals surface area contributed by atoms with Crippen molar-refractivity contribution in [3.8, 4) is 0 Å². The van der Waals surface area contributed by atoms with Crippen LogP contribution in [0.5, 0.6) is 0 Å². The van der Waals surface area contributed by atoms with E-state index in [4.69, 9.17) is 0 Å². The molecule has 0 N–H and O–H groups in total. The van der Waals surface area contributed by atoms with Crippen LogP contribution in [0.2, 0.25) is 0 Å². The highest BCUT2D eigenvalue weighted by Gasteiger charge is 2.57. The molecule has 1 heterocycles. The van der Waals surface area contributed by atoms with E-state index in [0.717, 1.165) is 24.9 Å². The summed E-state index contributed by atoms with van der Waals surface area (Å²) in [6.45, 7) is 2.07. The number of piperidine rings is 1. The van der Waals surface area contributed by atoms with Crippen molar-refractivity contribution in [3.63, 3.8) is 0 Å². The molecule has 3 rings (SSSR count). The minimum atomic E-state index is 0.460. The Balaban J connectivity index is 1.60. The van der Waals surface area contributed by atoms with Gasteiger partial charge in [-0.15, -0.1) is 0 Å². The Morgan fingerprint density at radius 3 is 2.21 bits per heavy atom. The third-order valence-electron chi connectivity index (χ3n) is 4.36. The summed E-state index contributed by atoms with van der Waals surface area (Å²) in [5.41, 5.74) is 0. The van der Waals surface area contributed by atoms with E-state index in [2.05, 4.69) is 4.90 Å². The Morgan fingerprint density at radius 2 is 1.57 bits per heavy atom. The lowest BCUT2D eigenvalue weighted by Crippen LogP contribution is -2.37. The molecule has 1 aliphatic heterocycles. The molecule has 78 valence electrons. The number of amides is 1. The molecule has 0 aromatic heterocycles. The smallest absolute Gasteiger partial charge is 0.226 e. The lowest BCUT2D eigenvalue weighted by molar-refractivity contribution is -0.134. The maximum atomic E-state index is 12.1. The lowest BCUT2D eigenvalue weighted by atomic mass is 10.1. The Kier molecular flexibility index (Phi) is 2.03. The summed E-state index contributed by atoms with van der Waals surface area (Å²) in [6, 6.07) is 0. The summed E-state index contributed by atoms with van der Waals surface area (Å²) in [4.78, 5) is 14.2. The summed E-state index contributed by atoms with van der Waals surface area (Å²) in [7, 11) is 0. The van der Waals surface area contributed by atoms with Gasteiger partial charge in [-0.25, -0.2) is 0 Å². The average Bonchev–Trinajstić information content (AvgIpc) is 2.72. The number of fused-ring (bicyclic) bond motifs is 1. The van der Waals surface area contributed by atoms with Crippen molar-refractivity contribution in [1.29, 1.82) is 0 Å². The molecular formula is C12H19NO. The summed E-state index contributed by atoms with van der Waals surface area (Å²) >= 11 is 0. The molecule has 2 nitrogen and oxygen atoms in total. The predicted octanol–water partition coefficient (Wildman–Crippen LogP) is 2.04. The van der Waals surface area contributed by atoms with Crippen LogP contribution in [0.4, 0.5) is 0 Å². The van der Waals surface area contributed by atoms with Gasteiger partial charge >= 0.3 is 0 Å². The fourth-order valence-corrected chi connectivity index (χ4v) is 3.51. The quantitative estimate of drug-likeness (QED) is 0.624. The zero-order chi connectivity index (χ0) is 9.54. The number of hydrogen-bond acceptors (Lipinski definition) is 1. The van der Waals surface area contributed by atoms with E-state index in [9.17, 15) is 4.79 Å². The molecule has 0 aromatic carbocycles. The topological polar surface area (TPSA) is 20.3 Å². The fraction of sp³-hybridized carbons (Fsp3) is 0.917. The third-order valence-corrected chi connectivity index (χ3v) is 4.36. The van der Waals surface area contributed by atoms with Crippen LogP contribution >= 0.6 is 0 Å². The van der Waals surface area contributed by atoms with Crippen LogP contribution in [0, 0.1) is 17.8 Å². The normalized spacial score (nSPS) is 40.9. The van der Waals surface area contributed by atoms with Gasteiger partial charge in [0.25, 0.3) is 0 Å². The van der Waals surface area contributed by atoms with Crippen LogP contribution in [-0.2, 0) is 4.79 Å². The number of rotatable bonds is 1. The van der Waals surface area contributed by atoms with Gasteiger partial charge in [0.1, 0.15) is 0 Å². The third kappa shape index (κ3) is 1.27. The van der Waals surface area contributed by atoms with Crippen molar-refractivity contribution in [2.24, 2.45) is 17.8 Å². The molecule has 2 heteroatoms. The number of likely N-dealkylation sites (tertiary alicyclic amines) is 1. The second-order valence-electron chi connectivity index (χ2n) is 5.17. The van der Waals surface area contributed by atoms with Crippen LogP contribution < -0.4 is 0 Å². The largest absolute Gasteiger partial charge is 0.342 e. The van der Waals surface area contributed by atoms with E-state index < -0.39 is 0 Å². The van der Waals surface area contributed by atoms with Gasteiger partial charge in [0, 0.05) is 19.0 Å². The minimum absolute atomic E-state index is 0.460. The van der Waals surface area contributed by atoms with Gasteiger partial charge in [-0.1, -0.05) is 6.42 Å². The van der Waals surface area contributed by atoms with Gasteiger partial charge in [-0.3, -0.25) is 4.79 Å². The average molecular weight is 193 g/mol. The Labute approximate surface area is 85.7 Å². The Morgan fingerprint density at radius 1 is 0.929 bits per heavy atom. The molecule has 0 aromatic rings. The highest BCUT2D eigenvalue weighted by atomic mass is 16.2. The van der Waals surface area contributed by atoms with Gasteiger partial charge in [0.15, 0.2) is 0 Å². The number of hydrogen-bond donors (Lipinski definition) is 0. The van der Waals surface area contributed by atoms with E-state index in [-0.39, 0.29) is 0 Å². The van der Waals surface area contributed by atoms with Crippen molar-refractivity contribution >= 4 is 5.91 Å². The molecule has 1 unspecified atom stereocenters. The van der Waals surface area contributed by atoms with Gasteiger partial charge < -0.3 is 4.90 Å². The highest BCUT2D eigenvalue weighted by Crippen LogP contribution is 2.58. The van der Waals surface area contributed by atoms with E-state index in [1.54, 1.807) is 0 Å². The van der Waals surface area contributed by atoms with Gasteiger partial charge in [-0.05, 0) is 43.9 Å². The molecule has 3 fully saturated rings. The summed E-state index contributed by atoms with van der Waals surface area (Å²) < 4.78 is 0. The minimum Gasteiger partial charge on any atom is -0.342 e. The van der Waals surface area contributed by atoms with Crippen molar-refractivity contribution < 1.29 is 4.79 Å². The number of nitrogens with zero attached hydrogens (tertiary/aromatic N) is 1. The van der Waals surface area contributed by atoms with Gasteiger partial charge in [0.2, 0.25) is 5.91 Å². The van der Waals surface area contributed by atoms with Crippen LogP contribution in [0.3, 0.4) is 0 Å². The first-order valence-electron chi connectivity index (χ1n) is 6.17. The van der Waals surface area contributed by atoms with Crippen molar-refractivity contribution in [2.45, 2.75) is 38.5 Å². The first-order valence-corrected chi connectivity index (χ1v) is 6.17. The Bertz CT molecular complexity index is 231. The molecule has 0 spiro atoms. The van der Waals surface area contributed by atoms with Crippen molar-refractivity contribution in [1.82, 2.24) is 4.90 Å². The molecule has 1 amide bonds. The van der Waals surface area contributed by atoms with Crippen LogP contribution in [0.15, 0.2) is 0 Å². The van der Waals surface area contributed by atoms with Gasteiger partial charge in [0.05, 0.1) is 0 Å². The maximum Gasteiger partial charge on any atom is 0.226 e. The molecular weight excluding hydrogens is 174 g/mol. The molecule has 2 saturated carbocycles. The summed E-state index contributed by atoms with van der Waals surface area (Å²) in [6.07, 6.45) is 7.81. The van der Waals surface area contributed by atoms with Crippen LogP contribution in [-0.4, -0.2) is 23.9 Å². The fourth-order valence-electron chi connectivity index (χ4n) is 3.51. The molecule has 3 aliphatic rings. The zero-order valence-electron chi connectivity index (χ0n) is 8.74. The van der Waals surface area contributed by atoms with Crippen LogP contribution in [0.25, 0.3) is 0 Å². The lowest BCUT2D eigenvalue weighted by Gasteiger charge is -2.27.